The van der Waals surface area contributed by atoms with Crippen molar-refractivity contribution in [3.05, 3.63) is 35.4 Å². The minimum Gasteiger partial charge on any atom is -0.466 e. The van der Waals surface area contributed by atoms with E-state index >= 15 is 0 Å². The van der Waals surface area contributed by atoms with Gasteiger partial charge in [-0.15, -0.1) is 0 Å². The summed E-state index contributed by atoms with van der Waals surface area (Å²) in [5.41, 5.74) is 1.50. The van der Waals surface area contributed by atoms with Gasteiger partial charge in [0.25, 0.3) is 5.91 Å². The Labute approximate surface area is 155 Å². The van der Waals surface area contributed by atoms with Crippen molar-refractivity contribution in [2.45, 2.75) is 52.4 Å². The highest BCUT2D eigenvalue weighted by atomic mass is 16.5. The van der Waals surface area contributed by atoms with Gasteiger partial charge in [-0.2, -0.15) is 0 Å². The Hall–Kier alpha value is -2.37. The van der Waals surface area contributed by atoms with Crippen molar-refractivity contribution in [3.8, 4) is 0 Å². The van der Waals surface area contributed by atoms with E-state index in [-0.39, 0.29) is 43.7 Å². The molecule has 0 aromatic heterocycles. The van der Waals surface area contributed by atoms with Gasteiger partial charge in [-0.3, -0.25) is 14.4 Å². The Kier molecular flexibility index (Phi) is 10.8. The van der Waals surface area contributed by atoms with Crippen molar-refractivity contribution in [1.82, 2.24) is 10.6 Å². The lowest BCUT2D eigenvalue weighted by atomic mass is 10.1. The predicted molar refractivity (Wildman–Crippen MR) is 101 cm³/mol. The molecule has 1 aromatic rings. The van der Waals surface area contributed by atoms with Crippen molar-refractivity contribution < 1.29 is 19.1 Å². The Balaban J connectivity index is 2.09. The zero-order valence-electron chi connectivity index (χ0n) is 15.8. The summed E-state index contributed by atoms with van der Waals surface area (Å²) in [5, 5.41) is 5.38. The first-order valence-electron chi connectivity index (χ1n) is 9.30. The first-order chi connectivity index (χ1) is 12.5. The fraction of sp³-hybridized carbons (Fsp3) is 0.550. The minimum atomic E-state index is -0.297. The minimum absolute atomic E-state index is 0.162. The summed E-state index contributed by atoms with van der Waals surface area (Å²) in [6.45, 7) is 4.93. The Bertz CT molecular complexity index is 587. The van der Waals surface area contributed by atoms with Crippen LogP contribution in [0, 0.1) is 6.92 Å². The Morgan fingerprint density at radius 2 is 1.69 bits per heavy atom. The molecule has 1 aromatic carbocycles. The molecular weight excluding hydrogens is 332 g/mol. The standard InChI is InChI=1S/C20H30N2O4/c1-3-4-5-8-15-26-19(24)12-14-21-18(23)11-13-22-20(25)17-10-7-6-9-16(17)2/h6-7,9-10H,3-5,8,11-15H2,1-2H3,(H,21,23)(H,22,25). The predicted octanol–water partition coefficient (Wildman–Crippen LogP) is 2.74. The molecular formula is C20H30N2O4. The number of hydrogen-bond acceptors (Lipinski definition) is 4. The van der Waals surface area contributed by atoms with E-state index in [4.69, 9.17) is 4.74 Å². The van der Waals surface area contributed by atoms with Crippen LogP contribution in [0.5, 0.6) is 0 Å². The zero-order valence-corrected chi connectivity index (χ0v) is 15.8. The molecule has 144 valence electrons. The van der Waals surface area contributed by atoms with Gasteiger partial charge in [0.2, 0.25) is 5.91 Å². The smallest absolute Gasteiger partial charge is 0.307 e. The second-order valence-electron chi connectivity index (χ2n) is 6.20. The number of carbonyl (C=O) groups excluding carboxylic acids is 3. The summed E-state index contributed by atoms with van der Waals surface area (Å²) in [4.78, 5) is 35.3. The van der Waals surface area contributed by atoms with E-state index in [1.807, 2.05) is 19.1 Å². The number of hydrogen-bond donors (Lipinski definition) is 2. The number of nitrogens with one attached hydrogen (secondary N) is 2. The van der Waals surface area contributed by atoms with Gasteiger partial charge in [0.05, 0.1) is 13.0 Å². The van der Waals surface area contributed by atoms with E-state index in [1.54, 1.807) is 12.1 Å². The molecule has 0 fully saturated rings. The lowest BCUT2D eigenvalue weighted by Gasteiger charge is -2.08. The highest BCUT2D eigenvalue weighted by molar-refractivity contribution is 5.95. The quantitative estimate of drug-likeness (QED) is 0.442. The van der Waals surface area contributed by atoms with Gasteiger partial charge in [0.1, 0.15) is 0 Å². The van der Waals surface area contributed by atoms with Gasteiger partial charge in [0, 0.05) is 25.1 Å². The van der Waals surface area contributed by atoms with Crippen LogP contribution in [0.2, 0.25) is 0 Å². The molecule has 0 bridgehead atoms. The van der Waals surface area contributed by atoms with Crippen molar-refractivity contribution >= 4 is 17.8 Å². The monoisotopic (exact) mass is 362 g/mol. The van der Waals surface area contributed by atoms with E-state index in [1.165, 1.54) is 0 Å². The third kappa shape index (κ3) is 9.20. The van der Waals surface area contributed by atoms with E-state index in [2.05, 4.69) is 17.6 Å². The maximum Gasteiger partial charge on any atom is 0.307 e. The third-order valence-corrected chi connectivity index (χ3v) is 3.94. The summed E-state index contributed by atoms with van der Waals surface area (Å²) < 4.78 is 5.10. The summed E-state index contributed by atoms with van der Waals surface area (Å²) >= 11 is 0. The molecule has 0 heterocycles. The molecule has 0 saturated carbocycles. The number of ether oxygens (including phenoxy) is 1. The lowest BCUT2D eigenvalue weighted by molar-refractivity contribution is -0.143. The average Bonchev–Trinajstić information content (AvgIpc) is 2.62. The largest absolute Gasteiger partial charge is 0.466 e. The number of esters is 1. The molecule has 0 spiro atoms. The van der Waals surface area contributed by atoms with Crippen LogP contribution in [0.1, 0.15) is 61.4 Å². The number of carbonyl (C=O) groups is 3. The third-order valence-electron chi connectivity index (χ3n) is 3.94. The molecule has 0 aliphatic carbocycles. The Morgan fingerprint density at radius 3 is 2.42 bits per heavy atom. The van der Waals surface area contributed by atoms with E-state index in [0.717, 1.165) is 31.2 Å². The first-order valence-corrected chi connectivity index (χ1v) is 9.30. The van der Waals surface area contributed by atoms with Gasteiger partial charge in [-0.05, 0) is 25.0 Å². The van der Waals surface area contributed by atoms with Crippen LogP contribution in [0.4, 0.5) is 0 Å². The normalized spacial score (nSPS) is 10.2. The fourth-order valence-corrected chi connectivity index (χ4v) is 2.39. The molecule has 0 saturated heterocycles. The maximum atomic E-state index is 12.0. The second kappa shape index (κ2) is 12.9. The van der Waals surface area contributed by atoms with Crippen LogP contribution in [0.15, 0.2) is 24.3 Å². The fourth-order valence-electron chi connectivity index (χ4n) is 2.39. The summed E-state index contributed by atoms with van der Waals surface area (Å²) in [7, 11) is 0. The molecule has 0 radical (unpaired) electrons. The zero-order chi connectivity index (χ0) is 19.2. The van der Waals surface area contributed by atoms with Crippen LogP contribution < -0.4 is 10.6 Å². The molecule has 2 N–H and O–H groups in total. The van der Waals surface area contributed by atoms with Gasteiger partial charge in [-0.1, -0.05) is 44.4 Å². The molecule has 0 atom stereocenters. The molecule has 0 aliphatic rings. The van der Waals surface area contributed by atoms with Gasteiger partial charge in [0.15, 0.2) is 0 Å². The van der Waals surface area contributed by atoms with E-state index in [9.17, 15) is 14.4 Å². The van der Waals surface area contributed by atoms with Crippen LogP contribution in [-0.4, -0.2) is 37.5 Å². The molecule has 6 heteroatoms. The second-order valence-corrected chi connectivity index (χ2v) is 6.20. The topological polar surface area (TPSA) is 84.5 Å². The van der Waals surface area contributed by atoms with Crippen molar-refractivity contribution in [3.63, 3.8) is 0 Å². The van der Waals surface area contributed by atoms with Crippen LogP contribution in [-0.2, 0) is 14.3 Å². The van der Waals surface area contributed by atoms with Gasteiger partial charge in [-0.25, -0.2) is 0 Å². The maximum absolute atomic E-state index is 12.0. The molecule has 6 nitrogen and oxygen atoms in total. The average molecular weight is 362 g/mol. The molecule has 0 unspecified atom stereocenters. The first kappa shape index (κ1) is 21.7. The number of aryl methyl sites for hydroxylation is 1. The summed E-state index contributed by atoms with van der Waals surface area (Å²) in [5.74, 6) is -0.692. The number of amides is 2. The summed E-state index contributed by atoms with van der Waals surface area (Å²) in [6, 6.07) is 7.29. The highest BCUT2D eigenvalue weighted by Crippen LogP contribution is 2.06. The number of rotatable bonds is 12. The molecule has 26 heavy (non-hydrogen) atoms. The van der Waals surface area contributed by atoms with Gasteiger partial charge < -0.3 is 15.4 Å². The van der Waals surface area contributed by atoms with Crippen LogP contribution in [0.25, 0.3) is 0 Å². The molecule has 2 amide bonds. The number of benzene rings is 1. The highest BCUT2D eigenvalue weighted by Gasteiger charge is 2.09. The van der Waals surface area contributed by atoms with E-state index in [0.29, 0.717) is 12.2 Å². The summed E-state index contributed by atoms with van der Waals surface area (Å²) in [6.07, 6.45) is 4.57. The number of unbranched alkanes of at least 4 members (excludes halogenated alkanes) is 3. The molecule has 1 rings (SSSR count). The van der Waals surface area contributed by atoms with Crippen molar-refractivity contribution in [2.24, 2.45) is 0 Å². The van der Waals surface area contributed by atoms with Crippen molar-refractivity contribution in [1.29, 1.82) is 0 Å². The van der Waals surface area contributed by atoms with Crippen LogP contribution in [0.3, 0.4) is 0 Å². The van der Waals surface area contributed by atoms with E-state index < -0.39 is 0 Å². The molecule has 0 aliphatic heterocycles. The van der Waals surface area contributed by atoms with Crippen molar-refractivity contribution in [2.75, 3.05) is 19.7 Å². The lowest BCUT2D eigenvalue weighted by Crippen LogP contribution is -2.32. The van der Waals surface area contributed by atoms with Crippen LogP contribution >= 0.6 is 0 Å². The Morgan fingerprint density at radius 1 is 0.962 bits per heavy atom. The SMILES string of the molecule is CCCCCCOC(=O)CCNC(=O)CCNC(=O)c1ccccc1C. The van der Waals surface area contributed by atoms with Gasteiger partial charge >= 0.3 is 5.97 Å².